The van der Waals surface area contributed by atoms with Crippen molar-refractivity contribution in [3.63, 3.8) is 0 Å². The van der Waals surface area contributed by atoms with Crippen LogP contribution in [0.2, 0.25) is 0 Å². The number of rotatable bonds is 6. The van der Waals surface area contributed by atoms with Gasteiger partial charge in [-0.15, -0.1) is 0 Å². The molecule has 0 aliphatic carbocycles. The van der Waals surface area contributed by atoms with Crippen LogP contribution in [0.5, 0.6) is 11.5 Å². The van der Waals surface area contributed by atoms with Crippen LogP contribution >= 0.6 is 15.9 Å². The second-order valence-corrected chi connectivity index (χ2v) is 5.23. The standard InChI is InChI=1S/C16H16BrFO3/c1-2-20-15-8-11(9-19)7-13(17)16(15)21-10-12-5-3-4-6-14(12)18/h3-8,19H,2,9-10H2,1H3. The van der Waals surface area contributed by atoms with Crippen molar-refractivity contribution in [2.24, 2.45) is 0 Å². The van der Waals surface area contributed by atoms with Crippen LogP contribution in [-0.4, -0.2) is 11.7 Å². The number of hydrogen-bond acceptors (Lipinski definition) is 3. The molecule has 0 heterocycles. The van der Waals surface area contributed by atoms with E-state index in [-0.39, 0.29) is 19.0 Å². The Morgan fingerprint density at radius 3 is 2.62 bits per heavy atom. The average Bonchev–Trinajstić information content (AvgIpc) is 2.48. The van der Waals surface area contributed by atoms with E-state index < -0.39 is 0 Å². The van der Waals surface area contributed by atoms with Crippen molar-refractivity contribution in [1.82, 2.24) is 0 Å². The van der Waals surface area contributed by atoms with Crippen LogP contribution in [0.4, 0.5) is 4.39 Å². The van der Waals surface area contributed by atoms with E-state index >= 15 is 0 Å². The third kappa shape index (κ3) is 3.95. The van der Waals surface area contributed by atoms with E-state index in [0.717, 1.165) is 0 Å². The van der Waals surface area contributed by atoms with Crippen molar-refractivity contribution in [2.75, 3.05) is 6.61 Å². The van der Waals surface area contributed by atoms with Gasteiger partial charge in [0.25, 0.3) is 0 Å². The van der Waals surface area contributed by atoms with Gasteiger partial charge in [-0.25, -0.2) is 4.39 Å². The van der Waals surface area contributed by atoms with Gasteiger partial charge in [0.05, 0.1) is 17.7 Å². The van der Waals surface area contributed by atoms with Crippen molar-refractivity contribution in [3.8, 4) is 11.5 Å². The highest BCUT2D eigenvalue weighted by Crippen LogP contribution is 2.37. The Morgan fingerprint density at radius 1 is 1.19 bits per heavy atom. The molecule has 2 aromatic carbocycles. The molecule has 0 radical (unpaired) electrons. The molecule has 0 fully saturated rings. The predicted octanol–water partition coefficient (Wildman–Crippen LogP) is 4.06. The Balaban J connectivity index is 2.24. The maximum atomic E-state index is 13.6. The summed E-state index contributed by atoms with van der Waals surface area (Å²) in [6, 6.07) is 9.92. The highest BCUT2D eigenvalue weighted by molar-refractivity contribution is 9.10. The second-order valence-electron chi connectivity index (χ2n) is 4.38. The molecule has 0 unspecified atom stereocenters. The smallest absolute Gasteiger partial charge is 0.175 e. The lowest BCUT2D eigenvalue weighted by molar-refractivity contribution is 0.259. The maximum Gasteiger partial charge on any atom is 0.175 e. The first-order valence-corrected chi connectivity index (χ1v) is 7.37. The summed E-state index contributed by atoms with van der Waals surface area (Å²) in [5, 5.41) is 9.22. The average molecular weight is 355 g/mol. The minimum Gasteiger partial charge on any atom is -0.490 e. The minimum absolute atomic E-state index is 0.0910. The van der Waals surface area contributed by atoms with Crippen LogP contribution in [0.15, 0.2) is 40.9 Å². The van der Waals surface area contributed by atoms with Crippen LogP contribution in [-0.2, 0) is 13.2 Å². The molecule has 2 aromatic rings. The Hall–Kier alpha value is -1.59. The van der Waals surface area contributed by atoms with E-state index in [4.69, 9.17) is 9.47 Å². The maximum absolute atomic E-state index is 13.6. The third-order valence-electron chi connectivity index (χ3n) is 2.88. The zero-order chi connectivity index (χ0) is 15.2. The lowest BCUT2D eigenvalue weighted by Gasteiger charge is -2.15. The monoisotopic (exact) mass is 354 g/mol. The lowest BCUT2D eigenvalue weighted by Crippen LogP contribution is -2.03. The van der Waals surface area contributed by atoms with E-state index in [1.54, 1.807) is 30.3 Å². The summed E-state index contributed by atoms with van der Waals surface area (Å²) in [5.74, 6) is 0.711. The highest BCUT2D eigenvalue weighted by atomic mass is 79.9. The normalized spacial score (nSPS) is 10.5. The minimum atomic E-state index is -0.307. The molecule has 0 amide bonds. The van der Waals surface area contributed by atoms with Gasteiger partial charge in [0, 0.05) is 5.56 Å². The number of aliphatic hydroxyl groups excluding tert-OH is 1. The quantitative estimate of drug-likeness (QED) is 0.850. The molecule has 3 nitrogen and oxygen atoms in total. The van der Waals surface area contributed by atoms with Crippen molar-refractivity contribution in [1.29, 1.82) is 0 Å². The Morgan fingerprint density at radius 2 is 1.95 bits per heavy atom. The van der Waals surface area contributed by atoms with Crippen LogP contribution in [0.25, 0.3) is 0 Å². The number of benzene rings is 2. The molecule has 112 valence electrons. The number of hydrogen-bond donors (Lipinski definition) is 1. The fourth-order valence-electron chi connectivity index (χ4n) is 1.88. The summed E-state index contributed by atoms with van der Waals surface area (Å²) in [5.41, 5.74) is 1.18. The zero-order valence-electron chi connectivity index (χ0n) is 11.6. The number of halogens is 2. The van der Waals surface area contributed by atoms with Crippen molar-refractivity contribution in [3.05, 3.63) is 57.8 Å². The SMILES string of the molecule is CCOc1cc(CO)cc(Br)c1OCc1ccccc1F. The van der Waals surface area contributed by atoms with Gasteiger partial charge in [-0.2, -0.15) is 0 Å². The first-order chi connectivity index (χ1) is 10.2. The van der Waals surface area contributed by atoms with Gasteiger partial charge < -0.3 is 14.6 Å². The van der Waals surface area contributed by atoms with Crippen LogP contribution in [0.1, 0.15) is 18.1 Å². The summed E-state index contributed by atoms with van der Waals surface area (Å²) in [4.78, 5) is 0. The molecule has 0 bridgehead atoms. The first-order valence-electron chi connectivity index (χ1n) is 6.58. The van der Waals surface area contributed by atoms with Crippen LogP contribution in [0.3, 0.4) is 0 Å². The first kappa shape index (κ1) is 15.8. The van der Waals surface area contributed by atoms with E-state index in [2.05, 4.69) is 15.9 Å². The van der Waals surface area contributed by atoms with Crippen LogP contribution in [0, 0.1) is 5.82 Å². The highest BCUT2D eigenvalue weighted by Gasteiger charge is 2.13. The van der Waals surface area contributed by atoms with Crippen molar-refractivity contribution >= 4 is 15.9 Å². The summed E-state index contributed by atoms with van der Waals surface area (Å²) >= 11 is 3.39. The lowest BCUT2D eigenvalue weighted by atomic mass is 10.2. The third-order valence-corrected chi connectivity index (χ3v) is 3.47. The van der Waals surface area contributed by atoms with Gasteiger partial charge >= 0.3 is 0 Å². The molecule has 0 aliphatic heterocycles. The largest absolute Gasteiger partial charge is 0.490 e. The summed E-state index contributed by atoms with van der Waals surface area (Å²) in [6.07, 6.45) is 0. The van der Waals surface area contributed by atoms with Gasteiger partial charge in [-0.05, 0) is 46.6 Å². The van der Waals surface area contributed by atoms with Crippen molar-refractivity contribution in [2.45, 2.75) is 20.1 Å². The molecule has 5 heteroatoms. The molecule has 0 aromatic heterocycles. The molecule has 0 spiro atoms. The predicted molar refractivity (Wildman–Crippen MR) is 82.0 cm³/mol. The van der Waals surface area contributed by atoms with E-state index in [9.17, 15) is 9.50 Å². The summed E-state index contributed by atoms with van der Waals surface area (Å²) in [7, 11) is 0. The Kier molecular flexibility index (Phi) is 5.59. The summed E-state index contributed by atoms with van der Waals surface area (Å²) in [6.45, 7) is 2.34. The Bertz CT molecular complexity index is 616. The fraction of sp³-hybridized carbons (Fsp3) is 0.250. The van der Waals surface area contributed by atoms with Gasteiger partial charge in [0.1, 0.15) is 12.4 Å². The van der Waals surface area contributed by atoms with Gasteiger partial charge in [0.15, 0.2) is 11.5 Å². The summed E-state index contributed by atoms with van der Waals surface area (Å²) < 4.78 is 25.5. The molecule has 1 N–H and O–H groups in total. The molecule has 0 atom stereocenters. The second kappa shape index (κ2) is 7.43. The fourth-order valence-corrected chi connectivity index (χ4v) is 2.48. The van der Waals surface area contributed by atoms with E-state index in [1.807, 2.05) is 6.92 Å². The molecular formula is C16H16BrFO3. The van der Waals surface area contributed by atoms with Gasteiger partial charge in [-0.3, -0.25) is 0 Å². The van der Waals surface area contributed by atoms with E-state index in [0.29, 0.717) is 33.7 Å². The molecule has 0 aliphatic rings. The molecule has 0 saturated carbocycles. The number of aliphatic hydroxyl groups is 1. The zero-order valence-corrected chi connectivity index (χ0v) is 13.2. The van der Waals surface area contributed by atoms with Gasteiger partial charge in [-0.1, -0.05) is 18.2 Å². The van der Waals surface area contributed by atoms with E-state index in [1.165, 1.54) is 6.07 Å². The Labute approximate surface area is 131 Å². The molecule has 21 heavy (non-hydrogen) atoms. The molecule has 2 rings (SSSR count). The van der Waals surface area contributed by atoms with Crippen LogP contribution < -0.4 is 9.47 Å². The molecular weight excluding hydrogens is 339 g/mol. The molecule has 0 saturated heterocycles. The van der Waals surface area contributed by atoms with Crippen molar-refractivity contribution < 1.29 is 19.0 Å². The topological polar surface area (TPSA) is 38.7 Å². The number of ether oxygens (including phenoxy) is 2. The van der Waals surface area contributed by atoms with Gasteiger partial charge in [0.2, 0.25) is 0 Å².